The van der Waals surface area contributed by atoms with Gasteiger partial charge in [0.2, 0.25) is 8.32 Å². The minimum absolute atomic E-state index is 0.155. The summed E-state index contributed by atoms with van der Waals surface area (Å²) in [6.07, 6.45) is 0. The molecule has 0 heterocycles. The Hall–Kier alpha value is 0.314. The summed E-state index contributed by atoms with van der Waals surface area (Å²) >= 11 is 0. The number of rotatable bonds is 5. The molecule has 0 aromatic heterocycles. The minimum Gasteiger partial charge on any atom is -0.452 e. The molecule has 0 bridgehead atoms. The monoisotopic (exact) mass is 207 g/mol. The molecule has 0 rings (SSSR count). The van der Waals surface area contributed by atoms with Gasteiger partial charge < -0.3 is 13.6 Å². The van der Waals surface area contributed by atoms with Crippen LogP contribution in [0.5, 0.6) is 0 Å². The van der Waals surface area contributed by atoms with Gasteiger partial charge in [0.1, 0.15) is 0 Å². The van der Waals surface area contributed by atoms with Crippen molar-refractivity contribution in [1.82, 2.24) is 0 Å². The molecule has 0 N–H and O–H groups in total. The largest absolute Gasteiger partial charge is 0.452 e. The average molecular weight is 207 g/mol. The zero-order chi connectivity index (χ0) is 9.78. The molecule has 1 radical (unpaired) electrons. The highest BCUT2D eigenvalue weighted by atomic mass is 28.4. The summed E-state index contributed by atoms with van der Waals surface area (Å²) in [6.45, 7) is 8.48. The molecule has 0 saturated carbocycles. The third-order valence-corrected chi connectivity index (χ3v) is 6.81. The summed E-state index contributed by atoms with van der Waals surface area (Å²) in [7, 11) is 0.864. The molecule has 0 aliphatic rings. The first-order valence-corrected chi connectivity index (χ1v) is 9.38. The van der Waals surface area contributed by atoms with Crippen LogP contribution in [0.3, 0.4) is 0 Å². The quantitative estimate of drug-likeness (QED) is 0.506. The molecule has 0 aromatic carbocycles. The van der Waals surface area contributed by atoms with Gasteiger partial charge in [-0.2, -0.15) is 0 Å². The Balaban J connectivity index is 4.14. The van der Waals surface area contributed by atoms with Crippen molar-refractivity contribution >= 4 is 17.4 Å². The first kappa shape index (κ1) is 12.3. The maximum Gasteiger partial charge on any atom is 0.236 e. The smallest absolute Gasteiger partial charge is 0.236 e. The molecule has 0 unspecified atom stereocenters. The van der Waals surface area contributed by atoms with E-state index in [2.05, 4.69) is 26.2 Å². The minimum atomic E-state index is -1.80. The predicted octanol–water partition coefficient (Wildman–Crippen LogP) is 1.62. The number of ether oxygens (including phenoxy) is 2. The summed E-state index contributed by atoms with van der Waals surface area (Å²) in [4.78, 5) is 0. The highest BCUT2D eigenvalue weighted by Gasteiger charge is 2.35. The maximum absolute atomic E-state index is 5.87. The second-order valence-corrected chi connectivity index (χ2v) is 9.73. The van der Waals surface area contributed by atoms with Crippen LogP contribution in [0.25, 0.3) is 0 Å². The van der Waals surface area contributed by atoms with Gasteiger partial charge in [-0.25, -0.2) is 0 Å². The maximum atomic E-state index is 5.87. The molecule has 0 amide bonds. The lowest BCUT2D eigenvalue weighted by atomic mass is 11.3. The Bertz CT molecular complexity index is 124. The van der Waals surface area contributed by atoms with Crippen molar-refractivity contribution in [1.29, 1.82) is 0 Å². The summed E-state index contributed by atoms with van der Waals surface area (Å²) in [5.74, 6) is -0.155. The predicted molar refractivity (Wildman–Crippen MR) is 53.9 cm³/mol. The van der Waals surface area contributed by atoms with Crippen molar-refractivity contribution < 1.29 is 13.6 Å². The van der Waals surface area contributed by atoms with Gasteiger partial charge in [-0.1, -0.05) is 0 Å². The third-order valence-electron chi connectivity index (χ3n) is 1.46. The molecule has 12 heavy (non-hydrogen) atoms. The van der Waals surface area contributed by atoms with Crippen molar-refractivity contribution in [2.75, 3.05) is 14.2 Å². The SMILES string of the molecule is COC(OC)[Si](C)(C)O[Si](C)C. The normalized spacial score (nSPS) is 13.0. The Kier molecular flexibility index (Phi) is 5.27. The topological polar surface area (TPSA) is 27.7 Å². The highest BCUT2D eigenvalue weighted by molar-refractivity contribution is 6.78. The molecule has 0 aromatic rings. The molecule has 3 nitrogen and oxygen atoms in total. The Morgan fingerprint density at radius 3 is 1.75 bits per heavy atom. The van der Waals surface area contributed by atoms with E-state index in [1.54, 1.807) is 14.2 Å². The summed E-state index contributed by atoms with van der Waals surface area (Å²) in [5, 5.41) is 0. The molecule has 0 atom stereocenters. The van der Waals surface area contributed by atoms with Gasteiger partial charge in [-0.15, -0.1) is 0 Å². The molecule has 0 aliphatic heterocycles. The standard InChI is InChI=1S/C7H19O3Si2/c1-8-7(9-2)12(5,6)10-11(3)4/h7H,1-6H3. The van der Waals surface area contributed by atoms with Crippen LogP contribution < -0.4 is 0 Å². The van der Waals surface area contributed by atoms with E-state index in [0.717, 1.165) is 0 Å². The van der Waals surface area contributed by atoms with E-state index in [0.29, 0.717) is 0 Å². The van der Waals surface area contributed by atoms with Crippen LogP contribution in [0, 0.1) is 0 Å². The Morgan fingerprint density at radius 1 is 1.08 bits per heavy atom. The highest BCUT2D eigenvalue weighted by Crippen LogP contribution is 2.14. The van der Waals surface area contributed by atoms with E-state index >= 15 is 0 Å². The fourth-order valence-corrected chi connectivity index (χ4v) is 6.97. The summed E-state index contributed by atoms with van der Waals surface area (Å²) in [6, 6.07) is 0. The second kappa shape index (κ2) is 5.13. The summed E-state index contributed by atoms with van der Waals surface area (Å²) < 4.78 is 16.3. The lowest BCUT2D eigenvalue weighted by molar-refractivity contribution is -0.0572. The van der Waals surface area contributed by atoms with Crippen LogP contribution in [0.15, 0.2) is 0 Å². The fraction of sp³-hybridized carbons (Fsp3) is 1.00. The van der Waals surface area contributed by atoms with Gasteiger partial charge in [-0.3, -0.25) is 0 Å². The second-order valence-electron chi connectivity index (χ2n) is 3.42. The third kappa shape index (κ3) is 3.82. The van der Waals surface area contributed by atoms with E-state index < -0.39 is 17.4 Å². The van der Waals surface area contributed by atoms with Gasteiger partial charge in [0.25, 0.3) is 0 Å². The van der Waals surface area contributed by atoms with Gasteiger partial charge >= 0.3 is 0 Å². The summed E-state index contributed by atoms with van der Waals surface area (Å²) in [5.41, 5.74) is 0. The number of hydrogen-bond donors (Lipinski definition) is 0. The van der Waals surface area contributed by atoms with E-state index in [-0.39, 0.29) is 5.91 Å². The van der Waals surface area contributed by atoms with Crippen molar-refractivity contribution in [3.8, 4) is 0 Å². The lowest BCUT2D eigenvalue weighted by Gasteiger charge is -2.31. The van der Waals surface area contributed by atoms with Crippen LogP contribution in [0.4, 0.5) is 0 Å². The molecular weight excluding hydrogens is 188 g/mol. The van der Waals surface area contributed by atoms with Crippen molar-refractivity contribution in [3.63, 3.8) is 0 Å². The fourth-order valence-electron chi connectivity index (χ4n) is 1.24. The number of methoxy groups -OCH3 is 2. The average Bonchev–Trinajstić information content (AvgIpc) is 1.85. The molecule has 0 fully saturated rings. The van der Waals surface area contributed by atoms with E-state index in [4.69, 9.17) is 13.6 Å². The van der Waals surface area contributed by atoms with Crippen LogP contribution >= 0.6 is 0 Å². The Morgan fingerprint density at radius 2 is 1.50 bits per heavy atom. The number of hydrogen-bond acceptors (Lipinski definition) is 3. The zero-order valence-corrected chi connectivity index (χ0v) is 10.8. The van der Waals surface area contributed by atoms with E-state index in [1.807, 2.05) is 0 Å². The first-order valence-electron chi connectivity index (χ1n) is 3.98. The zero-order valence-electron chi connectivity index (χ0n) is 8.80. The first-order chi connectivity index (χ1) is 5.44. The molecular formula is C7H19O3Si2. The van der Waals surface area contributed by atoms with E-state index in [9.17, 15) is 0 Å². The molecule has 0 saturated heterocycles. The van der Waals surface area contributed by atoms with E-state index in [1.165, 1.54) is 0 Å². The van der Waals surface area contributed by atoms with Gasteiger partial charge in [-0.05, 0) is 26.2 Å². The van der Waals surface area contributed by atoms with Crippen LogP contribution in [0.2, 0.25) is 26.2 Å². The van der Waals surface area contributed by atoms with Crippen molar-refractivity contribution in [2.45, 2.75) is 32.1 Å². The molecule has 5 heteroatoms. The molecule has 73 valence electrons. The van der Waals surface area contributed by atoms with Crippen LogP contribution in [-0.2, 0) is 13.6 Å². The van der Waals surface area contributed by atoms with Crippen molar-refractivity contribution in [3.05, 3.63) is 0 Å². The van der Waals surface area contributed by atoms with Crippen LogP contribution in [0.1, 0.15) is 0 Å². The van der Waals surface area contributed by atoms with Gasteiger partial charge in [0, 0.05) is 14.2 Å². The molecule has 0 aliphatic carbocycles. The lowest BCUT2D eigenvalue weighted by Crippen LogP contribution is -2.49. The Labute approximate surface area is 77.9 Å². The van der Waals surface area contributed by atoms with Gasteiger partial charge in [0.05, 0.1) is 0 Å². The van der Waals surface area contributed by atoms with Gasteiger partial charge in [0.15, 0.2) is 15.0 Å². The van der Waals surface area contributed by atoms with Crippen LogP contribution in [-0.4, -0.2) is 37.5 Å². The molecule has 0 spiro atoms. The van der Waals surface area contributed by atoms with Crippen molar-refractivity contribution in [2.24, 2.45) is 0 Å².